The van der Waals surface area contributed by atoms with Gasteiger partial charge >= 0.3 is 5.97 Å². The molecule has 0 N–H and O–H groups in total. The number of aryl methyl sites for hydroxylation is 1. The van der Waals surface area contributed by atoms with E-state index in [1.807, 2.05) is 49.4 Å². The molecule has 0 bridgehead atoms. The van der Waals surface area contributed by atoms with Gasteiger partial charge in [0.05, 0.1) is 5.56 Å². The number of aromatic nitrogens is 1. The van der Waals surface area contributed by atoms with Crippen molar-refractivity contribution in [2.24, 2.45) is 5.16 Å². The van der Waals surface area contributed by atoms with Gasteiger partial charge in [-0.1, -0.05) is 36.7 Å². The maximum Gasteiger partial charge on any atom is 0.331 e. The number of fused-ring (bicyclic) bond motifs is 4. The fourth-order valence-corrected chi connectivity index (χ4v) is 4.81. The number of Topliss-reactive ketones (excluding diaryl/α,β-unsaturated/α-hetero) is 2. The highest BCUT2D eigenvalue weighted by atomic mass is 16.7. The second-order valence-electron chi connectivity index (χ2n) is 9.24. The lowest BCUT2D eigenvalue weighted by Gasteiger charge is -2.06. The number of unbranched alkanes of at least 4 members (excludes halogenated alkanes) is 1. The number of benzene rings is 3. The largest absolute Gasteiger partial charge is 0.452 e. The van der Waals surface area contributed by atoms with Crippen LogP contribution < -0.4 is 4.74 Å². The van der Waals surface area contributed by atoms with Crippen LogP contribution in [0, 0.1) is 0 Å². The van der Waals surface area contributed by atoms with E-state index in [9.17, 15) is 14.4 Å². The molecule has 0 amide bonds. The van der Waals surface area contributed by atoms with E-state index in [0.29, 0.717) is 23.3 Å². The minimum Gasteiger partial charge on any atom is -0.452 e. The maximum absolute atomic E-state index is 13.4. The van der Waals surface area contributed by atoms with Gasteiger partial charge in [-0.05, 0) is 73.9 Å². The molecule has 0 radical (unpaired) electrons. The Morgan fingerprint density at radius 2 is 1.74 bits per heavy atom. The van der Waals surface area contributed by atoms with Crippen LogP contribution in [0.5, 0.6) is 5.75 Å². The molecule has 0 unspecified atom stereocenters. The van der Waals surface area contributed by atoms with E-state index in [1.54, 1.807) is 24.3 Å². The van der Waals surface area contributed by atoms with Crippen LogP contribution in [0.2, 0.25) is 0 Å². The molecule has 0 saturated heterocycles. The number of nitrogens with zero attached hydrogens (tertiary/aromatic N) is 2. The van der Waals surface area contributed by atoms with Gasteiger partial charge in [0.15, 0.2) is 5.76 Å². The average Bonchev–Trinajstić information content (AvgIpc) is 3.41. The van der Waals surface area contributed by atoms with E-state index in [4.69, 9.17) is 9.57 Å². The Morgan fingerprint density at radius 1 is 1.00 bits per heavy atom. The Hall–Kier alpha value is -4.52. The SMILES string of the molecule is CCCC/C(=N\OC(C)=O)C(=O)c1ccc2c(c1)c1cc(/C=C3\Oc4ccccc4C3=O)ccc1n2CC. The van der Waals surface area contributed by atoms with Gasteiger partial charge in [-0.2, -0.15) is 0 Å². The minimum atomic E-state index is -0.567. The second kappa shape index (κ2) is 10.5. The van der Waals surface area contributed by atoms with E-state index in [-0.39, 0.29) is 23.0 Å². The summed E-state index contributed by atoms with van der Waals surface area (Å²) >= 11 is 0. The number of para-hydroxylation sites is 1. The van der Waals surface area contributed by atoms with Gasteiger partial charge in [-0.3, -0.25) is 9.59 Å². The number of ether oxygens (including phenoxy) is 1. The molecule has 7 heteroatoms. The van der Waals surface area contributed by atoms with Crippen LogP contribution in [0.3, 0.4) is 0 Å². The quantitative estimate of drug-likeness (QED) is 0.0867. The molecule has 2 heterocycles. The highest BCUT2D eigenvalue weighted by Gasteiger charge is 2.26. The fraction of sp³-hybridized carbons (Fsp3) is 0.226. The number of ketones is 2. The summed E-state index contributed by atoms with van der Waals surface area (Å²) in [7, 11) is 0. The first-order valence-corrected chi connectivity index (χ1v) is 12.8. The fourth-order valence-electron chi connectivity index (χ4n) is 4.81. The third kappa shape index (κ3) is 4.63. The molecular weight excluding hydrogens is 480 g/mol. The molecule has 0 atom stereocenters. The predicted octanol–water partition coefficient (Wildman–Crippen LogP) is 6.72. The molecule has 1 aliphatic heterocycles. The van der Waals surface area contributed by atoms with Gasteiger partial charge in [0, 0.05) is 40.8 Å². The molecule has 0 aliphatic carbocycles. The van der Waals surface area contributed by atoms with Crippen molar-refractivity contribution < 1.29 is 24.0 Å². The average molecular weight is 509 g/mol. The van der Waals surface area contributed by atoms with Crippen molar-refractivity contribution in [3.05, 3.63) is 83.1 Å². The molecule has 3 aromatic carbocycles. The van der Waals surface area contributed by atoms with Crippen LogP contribution in [0.15, 0.2) is 71.6 Å². The summed E-state index contributed by atoms with van der Waals surface area (Å²) in [4.78, 5) is 42.3. The van der Waals surface area contributed by atoms with Crippen LogP contribution in [-0.2, 0) is 16.2 Å². The predicted molar refractivity (Wildman–Crippen MR) is 148 cm³/mol. The first kappa shape index (κ1) is 25.1. The van der Waals surface area contributed by atoms with Gasteiger partial charge < -0.3 is 14.1 Å². The van der Waals surface area contributed by atoms with Crippen LogP contribution in [0.4, 0.5) is 0 Å². The van der Waals surface area contributed by atoms with Gasteiger partial charge in [-0.15, -0.1) is 0 Å². The van der Waals surface area contributed by atoms with Gasteiger partial charge in [0.1, 0.15) is 11.5 Å². The molecule has 7 nitrogen and oxygen atoms in total. The number of hydrogen-bond donors (Lipinski definition) is 0. The summed E-state index contributed by atoms with van der Waals surface area (Å²) in [5.74, 6) is -0.133. The number of carbonyl (C=O) groups excluding carboxylic acids is 3. The molecule has 1 aromatic heterocycles. The van der Waals surface area contributed by atoms with E-state index in [1.165, 1.54) is 6.92 Å². The normalized spacial score (nSPS) is 14.2. The van der Waals surface area contributed by atoms with E-state index in [2.05, 4.69) is 16.6 Å². The molecule has 192 valence electrons. The number of allylic oxidation sites excluding steroid dienone is 1. The summed E-state index contributed by atoms with van der Waals surface area (Å²) in [5.41, 5.74) is 4.10. The molecule has 0 spiro atoms. The number of rotatable bonds is 8. The Bertz CT molecular complexity index is 1660. The molecule has 1 aliphatic rings. The lowest BCUT2D eigenvalue weighted by Crippen LogP contribution is -2.15. The number of carbonyl (C=O) groups is 3. The third-order valence-electron chi connectivity index (χ3n) is 6.65. The van der Waals surface area contributed by atoms with Crippen molar-refractivity contribution in [2.45, 2.75) is 46.6 Å². The lowest BCUT2D eigenvalue weighted by molar-refractivity contribution is -0.140. The highest BCUT2D eigenvalue weighted by molar-refractivity contribution is 6.46. The van der Waals surface area contributed by atoms with Crippen molar-refractivity contribution in [2.75, 3.05) is 0 Å². The minimum absolute atomic E-state index is 0.142. The highest BCUT2D eigenvalue weighted by Crippen LogP contribution is 2.34. The first-order valence-electron chi connectivity index (χ1n) is 12.8. The van der Waals surface area contributed by atoms with Gasteiger partial charge in [-0.25, -0.2) is 4.79 Å². The van der Waals surface area contributed by atoms with Crippen molar-refractivity contribution >= 4 is 51.1 Å². The van der Waals surface area contributed by atoms with E-state index < -0.39 is 5.97 Å². The smallest absolute Gasteiger partial charge is 0.331 e. The summed E-state index contributed by atoms with van der Waals surface area (Å²) < 4.78 is 8.00. The summed E-state index contributed by atoms with van der Waals surface area (Å²) in [6, 6.07) is 18.8. The second-order valence-corrected chi connectivity index (χ2v) is 9.24. The van der Waals surface area contributed by atoms with Crippen molar-refractivity contribution in [3.63, 3.8) is 0 Å². The van der Waals surface area contributed by atoms with Gasteiger partial charge in [0.25, 0.3) is 0 Å². The topological polar surface area (TPSA) is 87.0 Å². The van der Waals surface area contributed by atoms with E-state index in [0.717, 1.165) is 46.8 Å². The number of oxime groups is 1. The molecule has 5 rings (SSSR count). The monoisotopic (exact) mass is 508 g/mol. The molecule has 38 heavy (non-hydrogen) atoms. The summed E-state index contributed by atoms with van der Waals surface area (Å²) in [5, 5.41) is 5.73. The number of hydrogen-bond acceptors (Lipinski definition) is 6. The molecular formula is C31H28N2O5. The Morgan fingerprint density at radius 3 is 2.45 bits per heavy atom. The zero-order chi connectivity index (χ0) is 26.8. The van der Waals surface area contributed by atoms with Crippen molar-refractivity contribution in [1.82, 2.24) is 4.57 Å². The Kier molecular flexibility index (Phi) is 6.92. The van der Waals surface area contributed by atoms with Crippen LogP contribution in [0.1, 0.15) is 66.3 Å². The molecule has 0 saturated carbocycles. The summed E-state index contributed by atoms with van der Waals surface area (Å²) in [6.45, 7) is 6.10. The van der Waals surface area contributed by atoms with E-state index >= 15 is 0 Å². The Balaban J connectivity index is 1.57. The van der Waals surface area contributed by atoms with Crippen LogP contribution in [-0.4, -0.2) is 27.8 Å². The zero-order valence-corrected chi connectivity index (χ0v) is 21.6. The molecule has 4 aromatic rings. The zero-order valence-electron chi connectivity index (χ0n) is 21.6. The van der Waals surface area contributed by atoms with Crippen LogP contribution >= 0.6 is 0 Å². The first-order chi connectivity index (χ1) is 18.4. The Labute approximate surface area is 220 Å². The third-order valence-corrected chi connectivity index (χ3v) is 6.65. The van der Waals surface area contributed by atoms with Crippen molar-refractivity contribution in [1.29, 1.82) is 0 Å². The summed E-state index contributed by atoms with van der Waals surface area (Å²) in [6.07, 6.45) is 3.81. The van der Waals surface area contributed by atoms with Crippen molar-refractivity contribution in [3.8, 4) is 5.75 Å². The maximum atomic E-state index is 13.4. The van der Waals surface area contributed by atoms with Gasteiger partial charge in [0.2, 0.25) is 11.6 Å². The molecule has 0 fully saturated rings. The standard InChI is InChI=1S/C31H28N2O5/c1-4-6-10-25(32-38-19(3)34)30(35)21-13-15-27-24(18-21)23-16-20(12-14-26(23)33(27)5-2)17-29-31(36)22-9-7-8-11-28(22)37-29/h7-9,11-18H,4-6,10H2,1-3H3/b29-17-,32-25+. The lowest BCUT2D eigenvalue weighted by atomic mass is 10.00. The van der Waals surface area contributed by atoms with Crippen LogP contribution in [0.25, 0.3) is 27.9 Å².